The molecule has 0 aromatic carbocycles. The molecule has 0 amide bonds. The van der Waals surface area contributed by atoms with Gasteiger partial charge in [-0.15, -0.1) is 11.3 Å². The summed E-state index contributed by atoms with van der Waals surface area (Å²) in [6.45, 7) is 0. The predicted octanol–water partition coefficient (Wildman–Crippen LogP) is 3.80. The van der Waals surface area contributed by atoms with Crippen LogP contribution in [0.4, 0.5) is 0 Å². The fourth-order valence-corrected chi connectivity index (χ4v) is 2.51. The second-order valence-electron chi connectivity index (χ2n) is 3.08. The van der Waals surface area contributed by atoms with Crippen LogP contribution >= 0.6 is 27.3 Å². The molecule has 0 N–H and O–H groups in total. The summed E-state index contributed by atoms with van der Waals surface area (Å²) in [7, 11) is 0. The number of carbonyl (C=O) groups excluding carboxylic acids is 1. The SMILES string of the molecule is O=C(C=Cc1ccc(Br)s1)c1cccnc1. The van der Waals surface area contributed by atoms with Crippen molar-refractivity contribution in [2.45, 2.75) is 0 Å². The fraction of sp³-hybridized carbons (Fsp3) is 0. The first-order valence-electron chi connectivity index (χ1n) is 4.63. The van der Waals surface area contributed by atoms with Gasteiger partial charge in [0.05, 0.1) is 3.79 Å². The molecule has 0 bridgehead atoms. The van der Waals surface area contributed by atoms with Gasteiger partial charge in [-0.3, -0.25) is 9.78 Å². The summed E-state index contributed by atoms with van der Waals surface area (Å²) < 4.78 is 1.06. The Labute approximate surface area is 106 Å². The summed E-state index contributed by atoms with van der Waals surface area (Å²) in [6.07, 6.45) is 6.59. The molecule has 0 aliphatic rings. The topological polar surface area (TPSA) is 30.0 Å². The van der Waals surface area contributed by atoms with Gasteiger partial charge < -0.3 is 0 Å². The number of halogens is 1. The molecule has 80 valence electrons. The van der Waals surface area contributed by atoms with Crippen molar-refractivity contribution in [2.24, 2.45) is 0 Å². The minimum atomic E-state index is -0.0300. The summed E-state index contributed by atoms with van der Waals surface area (Å²) in [4.78, 5) is 16.6. The summed E-state index contributed by atoms with van der Waals surface area (Å²) >= 11 is 4.96. The van der Waals surface area contributed by atoms with Crippen LogP contribution in [-0.4, -0.2) is 10.8 Å². The molecule has 2 aromatic rings. The number of thiophene rings is 1. The van der Waals surface area contributed by atoms with Gasteiger partial charge in [0.1, 0.15) is 0 Å². The lowest BCUT2D eigenvalue weighted by atomic mass is 10.2. The van der Waals surface area contributed by atoms with E-state index in [9.17, 15) is 4.79 Å². The molecule has 2 rings (SSSR count). The van der Waals surface area contributed by atoms with Gasteiger partial charge in [-0.05, 0) is 52.3 Å². The Kier molecular flexibility index (Phi) is 3.64. The first-order chi connectivity index (χ1) is 7.75. The average Bonchev–Trinajstić information content (AvgIpc) is 2.73. The highest BCUT2D eigenvalue weighted by molar-refractivity contribution is 9.11. The Bertz CT molecular complexity index is 519. The number of ketones is 1. The van der Waals surface area contributed by atoms with Crippen molar-refractivity contribution in [3.63, 3.8) is 0 Å². The largest absolute Gasteiger partial charge is 0.289 e. The van der Waals surface area contributed by atoms with Gasteiger partial charge in [-0.2, -0.15) is 0 Å². The van der Waals surface area contributed by atoms with E-state index in [0.29, 0.717) is 5.56 Å². The first kappa shape index (κ1) is 11.2. The molecule has 0 fully saturated rings. The maximum Gasteiger partial charge on any atom is 0.187 e. The standard InChI is InChI=1S/C12H8BrNOS/c13-12-6-4-10(16-12)3-5-11(15)9-2-1-7-14-8-9/h1-8H. The van der Waals surface area contributed by atoms with E-state index in [0.717, 1.165) is 8.66 Å². The highest BCUT2D eigenvalue weighted by Crippen LogP contribution is 2.23. The molecule has 0 spiro atoms. The quantitative estimate of drug-likeness (QED) is 0.636. The Hall–Kier alpha value is -1.26. The summed E-state index contributed by atoms with van der Waals surface area (Å²) in [5, 5.41) is 0. The monoisotopic (exact) mass is 293 g/mol. The van der Waals surface area contributed by atoms with Crippen molar-refractivity contribution < 1.29 is 4.79 Å². The number of aromatic nitrogens is 1. The van der Waals surface area contributed by atoms with Crippen LogP contribution < -0.4 is 0 Å². The smallest absolute Gasteiger partial charge is 0.187 e. The third kappa shape index (κ3) is 2.87. The van der Waals surface area contributed by atoms with Crippen molar-refractivity contribution in [3.05, 3.63) is 57.0 Å². The van der Waals surface area contributed by atoms with E-state index >= 15 is 0 Å². The van der Waals surface area contributed by atoms with Gasteiger partial charge in [0.25, 0.3) is 0 Å². The van der Waals surface area contributed by atoms with Gasteiger partial charge in [-0.25, -0.2) is 0 Å². The second-order valence-corrected chi connectivity index (χ2v) is 5.58. The summed E-state index contributed by atoms with van der Waals surface area (Å²) in [5.41, 5.74) is 0.606. The zero-order valence-electron chi connectivity index (χ0n) is 8.26. The number of hydrogen-bond donors (Lipinski definition) is 0. The number of nitrogens with zero attached hydrogens (tertiary/aromatic N) is 1. The molecular formula is C12H8BrNOS. The Balaban J connectivity index is 2.11. The van der Waals surface area contributed by atoms with Crippen molar-refractivity contribution in [1.82, 2.24) is 4.98 Å². The minimum absolute atomic E-state index is 0.0300. The molecule has 0 saturated carbocycles. The third-order valence-corrected chi connectivity index (χ3v) is 3.53. The van der Waals surface area contributed by atoms with E-state index in [4.69, 9.17) is 0 Å². The molecule has 0 atom stereocenters. The van der Waals surface area contributed by atoms with Gasteiger partial charge in [0, 0.05) is 22.8 Å². The normalized spacial score (nSPS) is 10.8. The van der Waals surface area contributed by atoms with Crippen molar-refractivity contribution in [2.75, 3.05) is 0 Å². The lowest BCUT2D eigenvalue weighted by Crippen LogP contribution is -1.93. The summed E-state index contributed by atoms with van der Waals surface area (Å²) in [5.74, 6) is -0.0300. The molecule has 2 nitrogen and oxygen atoms in total. The number of allylic oxidation sites excluding steroid dienone is 1. The molecule has 0 saturated heterocycles. The first-order valence-corrected chi connectivity index (χ1v) is 6.24. The van der Waals surface area contributed by atoms with Gasteiger partial charge in [-0.1, -0.05) is 0 Å². The highest BCUT2D eigenvalue weighted by atomic mass is 79.9. The molecule has 0 aliphatic carbocycles. The average molecular weight is 294 g/mol. The number of carbonyl (C=O) groups is 1. The second kappa shape index (κ2) is 5.18. The maximum atomic E-state index is 11.7. The zero-order valence-corrected chi connectivity index (χ0v) is 10.7. The van der Waals surface area contributed by atoms with Crippen LogP contribution in [-0.2, 0) is 0 Å². The minimum Gasteiger partial charge on any atom is -0.289 e. The van der Waals surface area contributed by atoms with Crippen molar-refractivity contribution >= 4 is 39.1 Å². The third-order valence-electron chi connectivity index (χ3n) is 1.94. The van der Waals surface area contributed by atoms with Gasteiger partial charge in [0.15, 0.2) is 5.78 Å². The van der Waals surface area contributed by atoms with Gasteiger partial charge in [0.2, 0.25) is 0 Å². The van der Waals surface area contributed by atoms with Gasteiger partial charge >= 0.3 is 0 Å². The Morgan fingerprint density at radius 2 is 2.25 bits per heavy atom. The van der Waals surface area contributed by atoms with Crippen LogP contribution in [0, 0.1) is 0 Å². The molecular weight excluding hydrogens is 286 g/mol. The van der Waals surface area contributed by atoms with E-state index < -0.39 is 0 Å². The van der Waals surface area contributed by atoms with Crippen molar-refractivity contribution in [3.8, 4) is 0 Å². The number of pyridine rings is 1. The number of rotatable bonds is 3. The maximum absolute atomic E-state index is 11.7. The van der Waals surface area contributed by atoms with E-state index in [1.54, 1.807) is 41.9 Å². The Morgan fingerprint density at radius 3 is 2.88 bits per heavy atom. The van der Waals surface area contributed by atoms with E-state index in [2.05, 4.69) is 20.9 Å². The zero-order chi connectivity index (χ0) is 11.4. The predicted molar refractivity (Wildman–Crippen MR) is 69.6 cm³/mol. The lowest BCUT2D eigenvalue weighted by molar-refractivity contribution is 0.104. The molecule has 4 heteroatoms. The fourth-order valence-electron chi connectivity index (χ4n) is 1.18. The van der Waals surface area contributed by atoms with E-state index in [-0.39, 0.29) is 5.78 Å². The lowest BCUT2D eigenvalue weighted by Gasteiger charge is -1.92. The van der Waals surface area contributed by atoms with Crippen molar-refractivity contribution in [1.29, 1.82) is 0 Å². The Morgan fingerprint density at radius 1 is 1.38 bits per heavy atom. The molecule has 16 heavy (non-hydrogen) atoms. The van der Waals surface area contributed by atoms with Crippen LogP contribution in [0.1, 0.15) is 15.2 Å². The highest BCUT2D eigenvalue weighted by Gasteiger charge is 2.00. The van der Waals surface area contributed by atoms with Crippen LogP contribution in [0.2, 0.25) is 0 Å². The van der Waals surface area contributed by atoms with Crippen LogP contribution in [0.5, 0.6) is 0 Å². The molecule has 0 unspecified atom stereocenters. The van der Waals surface area contributed by atoms with Crippen LogP contribution in [0.3, 0.4) is 0 Å². The molecule has 0 aliphatic heterocycles. The summed E-state index contributed by atoms with van der Waals surface area (Å²) in [6, 6.07) is 7.42. The molecule has 0 radical (unpaired) electrons. The van der Waals surface area contributed by atoms with E-state index in [1.807, 2.05) is 18.2 Å². The molecule has 2 aromatic heterocycles. The molecule has 2 heterocycles. The van der Waals surface area contributed by atoms with Crippen LogP contribution in [0.25, 0.3) is 6.08 Å². The van der Waals surface area contributed by atoms with Crippen LogP contribution in [0.15, 0.2) is 46.5 Å². The number of hydrogen-bond acceptors (Lipinski definition) is 3. The van der Waals surface area contributed by atoms with E-state index in [1.165, 1.54) is 0 Å².